The average Bonchev–Trinajstić information content (AvgIpc) is 3.21. The number of allylic oxidation sites excluding steroid dienone is 1. The predicted octanol–water partition coefficient (Wildman–Crippen LogP) is 3.06. The molecular weight excluding hydrogens is 458 g/mol. The number of carbonyl (C=O) groups excluding carboxylic acids is 2. The van der Waals surface area contributed by atoms with Gasteiger partial charge in [-0.3, -0.25) is 9.59 Å². The van der Waals surface area contributed by atoms with E-state index in [0.717, 1.165) is 39.8 Å². The molecule has 2 atom stereocenters. The summed E-state index contributed by atoms with van der Waals surface area (Å²) in [5.41, 5.74) is 3.31. The van der Waals surface area contributed by atoms with Gasteiger partial charge in [-0.15, -0.1) is 0 Å². The molecule has 0 aromatic carbocycles. The van der Waals surface area contributed by atoms with Crippen LogP contribution in [0.15, 0.2) is 39.7 Å². The van der Waals surface area contributed by atoms with Crippen molar-refractivity contribution in [1.82, 2.24) is 20.5 Å². The number of nitrogens with one attached hydrogen (secondary N) is 3. The lowest BCUT2D eigenvalue weighted by atomic mass is 9.99. The molecule has 166 valence electrons. The number of halogens is 1. The van der Waals surface area contributed by atoms with E-state index in [9.17, 15) is 9.59 Å². The standard InChI is InChI=1S/C23H30BrN5O2/c1-14-19(12-18-17-11-16(24)13-26-21(17)28-22(18)30)27-15(2)20(14)23(31)25-7-6-10-29-8-4-3-5-9-29/h11-13,15,18,27H,3-10H2,1-2H3,(H,25,31)(H,26,28,30)/b19-12-. The van der Waals surface area contributed by atoms with Gasteiger partial charge in [-0.2, -0.15) is 0 Å². The Kier molecular flexibility index (Phi) is 6.77. The lowest BCUT2D eigenvalue weighted by molar-refractivity contribution is -0.118. The third-order valence-corrected chi connectivity index (χ3v) is 6.75. The molecular formula is C23H30BrN5O2. The Hall–Kier alpha value is -2.19. The van der Waals surface area contributed by atoms with Gasteiger partial charge in [0.05, 0.1) is 12.0 Å². The Morgan fingerprint density at radius 2 is 2.13 bits per heavy atom. The van der Waals surface area contributed by atoms with Crippen LogP contribution in [0.3, 0.4) is 0 Å². The summed E-state index contributed by atoms with van der Waals surface area (Å²) in [7, 11) is 0. The van der Waals surface area contributed by atoms with Gasteiger partial charge in [0.1, 0.15) is 5.82 Å². The summed E-state index contributed by atoms with van der Waals surface area (Å²) in [6.07, 6.45) is 8.44. The number of aromatic nitrogens is 1. The number of carbonyl (C=O) groups is 2. The van der Waals surface area contributed by atoms with Crippen molar-refractivity contribution in [2.24, 2.45) is 0 Å². The molecule has 0 bridgehead atoms. The molecule has 3 N–H and O–H groups in total. The molecule has 3 aliphatic heterocycles. The van der Waals surface area contributed by atoms with Gasteiger partial charge in [-0.25, -0.2) is 4.98 Å². The van der Waals surface area contributed by atoms with Gasteiger partial charge in [0, 0.05) is 34.0 Å². The number of hydrogen-bond donors (Lipinski definition) is 3. The Morgan fingerprint density at radius 3 is 2.90 bits per heavy atom. The predicted molar refractivity (Wildman–Crippen MR) is 125 cm³/mol. The van der Waals surface area contributed by atoms with E-state index in [1.54, 1.807) is 6.20 Å². The first kappa shape index (κ1) is 22.0. The van der Waals surface area contributed by atoms with Gasteiger partial charge < -0.3 is 20.9 Å². The van der Waals surface area contributed by atoms with E-state index in [4.69, 9.17) is 0 Å². The number of pyridine rings is 1. The quantitative estimate of drug-likeness (QED) is 0.536. The van der Waals surface area contributed by atoms with Crippen LogP contribution in [0.25, 0.3) is 0 Å². The molecule has 4 rings (SSSR count). The summed E-state index contributed by atoms with van der Waals surface area (Å²) in [4.78, 5) is 32.1. The highest BCUT2D eigenvalue weighted by Gasteiger charge is 2.34. The molecule has 4 heterocycles. The Bertz CT molecular complexity index is 936. The highest BCUT2D eigenvalue weighted by atomic mass is 79.9. The van der Waals surface area contributed by atoms with Crippen molar-refractivity contribution >= 4 is 33.6 Å². The zero-order valence-electron chi connectivity index (χ0n) is 18.1. The summed E-state index contributed by atoms with van der Waals surface area (Å²) in [5, 5.41) is 9.29. The second kappa shape index (κ2) is 9.53. The van der Waals surface area contributed by atoms with Crippen LogP contribution in [0.2, 0.25) is 0 Å². The molecule has 1 saturated heterocycles. The molecule has 0 radical (unpaired) electrons. The first-order chi connectivity index (χ1) is 14.9. The minimum absolute atomic E-state index is 0.0276. The first-order valence-corrected chi connectivity index (χ1v) is 11.9. The van der Waals surface area contributed by atoms with E-state index in [2.05, 4.69) is 41.8 Å². The number of anilines is 1. The van der Waals surface area contributed by atoms with E-state index in [0.29, 0.717) is 12.4 Å². The van der Waals surface area contributed by atoms with Crippen molar-refractivity contribution in [3.8, 4) is 0 Å². The van der Waals surface area contributed by atoms with E-state index in [1.807, 2.05) is 26.0 Å². The van der Waals surface area contributed by atoms with Crippen LogP contribution in [0.4, 0.5) is 5.82 Å². The Balaban J connectivity index is 1.41. The van der Waals surface area contributed by atoms with Crippen molar-refractivity contribution in [3.05, 3.63) is 45.2 Å². The number of likely N-dealkylation sites (tertiary alicyclic amines) is 1. The van der Waals surface area contributed by atoms with Crippen molar-refractivity contribution in [3.63, 3.8) is 0 Å². The molecule has 1 fully saturated rings. The fourth-order valence-electron chi connectivity index (χ4n) is 4.67. The SMILES string of the molecule is CC1=C(C(=O)NCCCN2CCCCC2)C(C)N/C1=C\C1C(=O)Nc2ncc(Br)cc21. The molecule has 2 unspecified atom stereocenters. The normalized spacial score (nSPS) is 24.9. The zero-order valence-corrected chi connectivity index (χ0v) is 19.7. The highest BCUT2D eigenvalue weighted by Crippen LogP contribution is 2.36. The fourth-order valence-corrected chi connectivity index (χ4v) is 5.02. The lowest BCUT2D eigenvalue weighted by Gasteiger charge is -2.26. The monoisotopic (exact) mass is 487 g/mol. The molecule has 7 nitrogen and oxygen atoms in total. The zero-order chi connectivity index (χ0) is 22.0. The van der Waals surface area contributed by atoms with Gasteiger partial charge in [0.2, 0.25) is 11.8 Å². The van der Waals surface area contributed by atoms with Crippen LogP contribution in [-0.2, 0) is 9.59 Å². The number of fused-ring (bicyclic) bond motifs is 1. The summed E-state index contributed by atoms with van der Waals surface area (Å²) < 4.78 is 0.829. The highest BCUT2D eigenvalue weighted by molar-refractivity contribution is 9.10. The van der Waals surface area contributed by atoms with Gasteiger partial charge in [0.25, 0.3) is 0 Å². The minimum Gasteiger partial charge on any atom is -0.378 e. The number of hydrogen-bond acceptors (Lipinski definition) is 5. The van der Waals surface area contributed by atoms with Crippen LogP contribution in [0.1, 0.15) is 51.0 Å². The number of rotatable bonds is 6. The number of amides is 2. The lowest BCUT2D eigenvalue weighted by Crippen LogP contribution is -2.35. The van der Waals surface area contributed by atoms with E-state index in [-0.39, 0.29) is 17.9 Å². The largest absolute Gasteiger partial charge is 0.378 e. The fraction of sp³-hybridized carbons (Fsp3) is 0.522. The second-order valence-corrected chi connectivity index (χ2v) is 9.47. The number of nitrogens with zero attached hydrogens (tertiary/aromatic N) is 2. The summed E-state index contributed by atoms with van der Waals surface area (Å²) in [5.74, 6) is 0.0252. The average molecular weight is 488 g/mol. The second-order valence-electron chi connectivity index (χ2n) is 8.56. The topological polar surface area (TPSA) is 86.4 Å². The Labute approximate surface area is 191 Å². The molecule has 2 amide bonds. The molecule has 1 aromatic rings. The number of piperidine rings is 1. The molecule has 8 heteroatoms. The maximum absolute atomic E-state index is 12.9. The molecule has 0 aliphatic carbocycles. The van der Waals surface area contributed by atoms with Crippen molar-refractivity contribution < 1.29 is 9.59 Å². The van der Waals surface area contributed by atoms with Crippen molar-refractivity contribution in [1.29, 1.82) is 0 Å². The molecule has 0 saturated carbocycles. The van der Waals surface area contributed by atoms with Crippen molar-refractivity contribution in [2.45, 2.75) is 51.5 Å². The third kappa shape index (κ3) is 4.85. The maximum atomic E-state index is 12.9. The molecule has 31 heavy (non-hydrogen) atoms. The van der Waals surface area contributed by atoms with Gasteiger partial charge >= 0.3 is 0 Å². The van der Waals surface area contributed by atoms with Crippen LogP contribution < -0.4 is 16.0 Å². The Morgan fingerprint density at radius 1 is 1.35 bits per heavy atom. The van der Waals surface area contributed by atoms with Gasteiger partial charge in [-0.1, -0.05) is 6.42 Å². The minimum atomic E-state index is -0.434. The third-order valence-electron chi connectivity index (χ3n) is 6.32. The van der Waals surface area contributed by atoms with Crippen LogP contribution >= 0.6 is 15.9 Å². The van der Waals surface area contributed by atoms with Gasteiger partial charge in [0.15, 0.2) is 0 Å². The van der Waals surface area contributed by atoms with Crippen molar-refractivity contribution in [2.75, 3.05) is 31.5 Å². The molecule has 1 aromatic heterocycles. The van der Waals surface area contributed by atoms with E-state index >= 15 is 0 Å². The summed E-state index contributed by atoms with van der Waals surface area (Å²) >= 11 is 3.43. The molecule has 0 spiro atoms. The summed E-state index contributed by atoms with van der Waals surface area (Å²) in [6, 6.07) is 1.81. The van der Waals surface area contributed by atoms with Gasteiger partial charge in [-0.05, 0) is 86.4 Å². The van der Waals surface area contributed by atoms with Crippen LogP contribution in [0, 0.1) is 0 Å². The van der Waals surface area contributed by atoms with Crippen LogP contribution in [-0.4, -0.2) is 53.9 Å². The summed E-state index contributed by atoms with van der Waals surface area (Å²) in [6.45, 7) is 7.99. The van der Waals surface area contributed by atoms with E-state index < -0.39 is 5.92 Å². The smallest absolute Gasteiger partial charge is 0.249 e. The molecule has 3 aliphatic rings. The van der Waals surface area contributed by atoms with Crippen LogP contribution in [0.5, 0.6) is 0 Å². The first-order valence-electron chi connectivity index (χ1n) is 11.1. The van der Waals surface area contributed by atoms with E-state index in [1.165, 1.54) is 32.4 Å². The maximum Gasteiger partial charge on any atom is 0.249 e.